The van der Waals surface area contributed by atoms with Crippen LogP contribution in [-0.2, 0) is 19.4 Å². The fourth-order valence-corrected chi connectivity index (χ4v) is 2.09. The van der Waals surface area contributed by atoms with Gasteiger partial charge in [0, 0.05) is 11.5 Å². The van der Waals surface area contributed by atoms with Gasteiger partial charge in [-0.05, 0) is 19.1 Å². The highest BCUT2D eigenvalue weighted by molar-refractivity contribution is 7.94. The van der Waals surface area contributed by atoms with Gasteiger partial charge in [-0.3, -0.25) is 0 Å². The molecule has 0 aliphatic carbocycles. The van der Waals surface area contributed by atoms with Crippen LogP contribution < -0.4 is 0 Å². The molecule has 0 saturated heterocycles. The van der Waals surface area contributed by atoms with Gasteiger partial charge in [-0.2, -0.15) is 0 Å². The average Bonchev–Trinajstić information content (AvgIpc) is 2.37. The molecule has 0 spiro atoms. The molecule has 0 aliphatic heterocycles. The van der Waals surface area contributed by atoms with Crippen LogP contribution in [0.25, 0.3) is 0 Å². The Morgan fingerprint density at radius 2 is 1.94 bits per heavy atom. The average molecular weight is 266 g/mol. The molecule has 0 aliphatic rings. The molecule has 0 fully saturated rings. The molecule has 1 aromatic carbocycles. The molecule has 1 unspecified atom stereocenters. The van der Waals surface area contributed by atoms with Crippen LogP contribution in [0, 0.1) is 0 Å². The fourth-order valence-electron chi connectivity index (χ4n) is 1.10. The molecule has 1 aromatic rings. The largest absolute Gasteiger partial charge is 0.455 e. The van der Waals surface area contributed by atoms with E-state index in [1.807, 2.05) is 0 Å². The van der Waals surface area contributed by atoms with Gasteiger partial charge in [0.05, 0.1) is 4.90 Å². The lowest BCUT2D eigenvalue weighted by Crippen LogP contribution is -2.10. The van der Waals surface area contributed by atoms with Gasteiger partial charge in [-0.15, -0.1) is 0 Å². The van der Waals surface area contributed by atoms with E-state index in [0.717, 1.165) is 11.5 Å². The predicted molar refractivity (Wildman–Crippen MR) is 68.5 cm³/mol. The van der Waals surface area contributed by atoms with Crippen molar-refractivity contribution in [2.45, 2.75) is 17.9 Å². The van der Waals surface area contributed by atoms with E-state index in [1.54, 1.807) is 25.1 Å². The Bertz CT molecular complexity index is 544. The fraction of sp³-hybridized carbons (Fsp3) is 0.154. The minimum Gasteiger partial charge on any atom is -0.455 e. The van der Waals surface area contributed by atoms with Crippen molar-refractivity contribution in [1.82, 2.24) is 0 Å². The minimum atomic E-state index is -3.61. The Hall–Kier alpha value is -1.88. The SMILES string of the molecule is C=CC(C)OC(=O)/C=C/S(=O)(=O)c1ccccc1. The van der Waals surface area contributed by atoms with Crippen molar-refractivity contribution >= 4 is 15.8 Å². The van der Waals surface area contributed by atoms with Crippen LogP contribution in [-0.4, -0.2) is 20.5 Å². The minimum absolute atomic E-state index is 0.130. The maximum Gasteiger partial charge on any atom is 0.332 e. The topological polar surface area (TPSA) is 60.4 Å². The zero-order valence-electron chi connectivity index (χ0n) is 9.94. The number of sulfone groups is 1. The van der Waals surface area contributed by atoms with Crippen molar-refractivity contribution < 1.29 is 17.9 Å². The van der Waals surface area contributed by atoms with Gasteiger partial charge in [0.15, 0.2) is 9.84 Å². The predicted octanol–water partition coefficient (Wildman–Crippen LogP) is 2.09. The highest BCUT2D eigenvalue weighted by Gasteiger charge is 2.10. The first kappa shape index (κ1) is 14.2. The maximum atomic E-state index is 11.8. The third-order valence-electron chi connectivity index (χ3n) is 2.09. The summed E-state index contributed by atoms with van der Waals surface area (Å²) in [4.78, 5) is 11.4. The van der Waals surface area contributed by atoms with Crippen LogP contribution in [0.5, 0.6) is 0 Å². The van der Waals surface area contributed by atoms with Crippen LogP contribution in [0.3, 0.4) is 0 Å². The Morgan fingerprint density at radius 1 is 1.33 bits per heavy atom. The molecular formula is C13H14O4S. The molecule has 0 aromatic heterocycles. The highest BCUT2D eigenvalue weighted by Crippen LogP contribution is 2.11. The lowest BCUT2D eigenvalue weighted by molar-refractivity contribution is -0.140. The van der Waals surface area contributed by atoms with Crippen molar-refractivity contribution in [2.24, 2.45) is 0 Å². The number of rotatable bonds is 5. The van der Waals surface area contributed by atoms with Gasteiger partial charge in [0.25, 0.3) is 0 Å². The van der Waals surface area contributed by atoms with Crippen LogP contribution in [0.2, 0.25) is 0 Å². The van der Waals surface area contributed by atoms with E-state index >= 15 is 0 Å². The Kier molecular flexibility index (Phi) is 4.85. The third-order valence-corrected chi connectivity index (χ3v) is 3.51. The van der Waals surface area contributed by atoms with Crippen LogP contribution in [0.4, 0.5) is 0 Å². The Balaban J connectivity index is 2.78. The standard InChI is InChI=1S/C13H14O4S/c1-3-11(2)17-13(14)9-10-18(15,16)12-7-5-4-6-8-12/h3-11H,1H2,2H3/b10-9+. The molecule has 1 atom stereocenters. The molecular weight excluding hydrogens is 252 g/mol. The second-order valence-electron chi connectivity index (χ2n) is 3.54. The van der Waals surface area contributed by atoms with Crippen molar-refractivity contribution in [3.05, 3.63) is 54.5 Å². The summed E-state index contributed by atoms with van der Waals surface area (Å²) in [6.45, 7) is 5.08. The summed E-state index contributed by atoms with van der Waals surface area (Å²) in [6, 6.07) is 7.84. The number of hydrogen-bond donors (Lipinski definition) is 0. The second-order valence-corrected chi connectivity index (χ2v) is 5.37. The van der Waals surface area contributed by atoms with Gasteiger partial charge in [0.1, 0.15) is 6.10 Å². The van der Waals surface area contributed by atoms with E-state index in [9.17, 15) is 13.2 Å². The molecule has 0 amide bonds. The van der Waals surface area contributed by atoms with Gasteiger partial charge in [-0.25, -0.2) is 13.2 Å². The number of ether oxygens (including phenoxy) is 1. The summed E-state index contributed by atoms with van der Waals surface area (Å²) in [5.74, 6) is -0.720. The van der Waals surface area contributed by atoms with Crippen molar-refractivity contribution in [3.8, 4) is 0 Å². The summed E-state index contributed by atoms with van der Waals surface area (Å²) in [5.41, 5.74) is 0. The molecule has 0 saturated carbocycles. The second kappa shape index (κ2) is 6.16. The van der Waals surface area contributed by atoms with Crippen molar-refractivity contribution in [2.75, 3.05) is 0 Å². The number of esters is 1. The lowest BCUT2D eigenvalue weighted by atomic mass is 10.4. The van der Waals surface area contributed by atoms with E-state index in [1.165, 1.54) is 18.2 Å². The smallest absolute Gasteiger partial charge is 0.332 e. The summed E-state index contributed by atoms with van der Waals surface area (Å²) in [7, 11) is -3.61. The molecule has 0 N–H and O–H groups in total. The van der Waals surface area contributed by atoms with E-state index < -0.39 is 21.9 Å². The normalized spacial score (nSPS) is 13.2. The summed E-state index contributed by atoms with van der Waals surface area (Å²) in [6.07, 6.45) is 1.88. The van der Waals surface area contributed by atoms with Crippen LogP contribution in [0.1, 0.15) is 6.92 Å². The molecule has 1 rings (SSSR count). The third kappa shape index (κ3) is 4.18. The summed E-state index contributed by atoms with van der Waals surface area (Å²) >= 11 is 0. The van der Waals surface area contributed by atoms with Gasteiger partial charge >= 0.3 is 5.97 Å². The van der Waals surface area contributed by atoms with Crippen LogP contribution >= 0.6 is 0 Å². The van der Waals surface area contributed by atoms with Crippen molar-refractivity contribution in [3.63, 3.8) is 0 Å². The molecule has 5 heteroatoms. The van der Waals surface area contributed by atoms with E-state index in [4.69, 9.17) is 4.74 Å². The lowest BCUT2D eigenvalue weighted by Gasteiger charge is -2.05. The zero-order valence-corrected chi connectivity index (χ0v) is 10.8. The molecule has 0 bridgehead atoms. The zero-order chi connectivity index (χ0) is 13.6. The monoisotopic (exact) mass is 266 g/mol. The van der Waals surface area contributed by atoms with Crippen molar-refractivity contribution in [1.29, 1.82) is 0 Å². The molecule has 96 valence electrons. The van der Waals surface area contributed by atoms with Gasteiger partial charge in [0.2, 0.25) is 0 Å². The first-order chi connectivity index (χ1) is 8.45. The van der Waals surface area contributed by atoms with E-state index in [2.05, 4.69) is 6.58 Å². The summed E-state index contributed by atoms with van der Waals surface area (Å²) < 4.78 is 28.4. The van der Waals surface area contributed by atoms with E-state index in [0.29, 0.717) is 0 Å². The number of carbonyl (C=O) groups excluding carboxylic acids is 1. The first-order valence-corrected chi connectivity index (χ1v) is 6.82. The Labute approximate surface area is 107 Å². The van der Waals surface area contributed by atoms with Crippen LogP contribution in [0.15, 0.2) is 59.4 Å². The molecule has 18 heavy (non-hydrogen) atoms. The molecule has 4 nitrogen and oxygen atoms in total. The summed E-state index contributed by atoms with van der Waals surface area (Å²) in [5, 5.41) is 0.834. The molecule has 0 heterocycles. The first-order valence-electron chi connectivity index (χ1n) is 5.27. The number of benzene rings is 1. The number of hydrogen-bond acceptors (Lipinski definition) is 4. The maximum absolute atomic E-state index is 11.8. The quantitative estimate of drug-likeness (QED) is 0.465. The highest BCUT2D eigenvalue weighted by atomic mass is 32.2. The van der Waals surface area contributed by atoms with Gasteiger partial charge in [-0.1, -0.05) is 30.9 Å². The molecule has 0 radical (unpaired) electrons. The number of carbonyl (C=O) groups is 1. The Morgan fingerprint density at radius 3 is 2.50 bits per heavy atom. The van der Waals surface area contributed by atoms with E-state index in [-0.39, 0.29) is 4.90 Å². The van der Waals surface area contributed by atoms with Gasteiger partial charge < -0.3 is 4.74 Å².